The van der Waals surface area contributed by atoms with Crippen molar-refractivity contribution in [2.45, 2.75) is 6.32 Å². The Morgan fingerprint density at radius 1 is 1.00 bits per heavy atom. The first-order chi connectivity index (χ1) is 8.75. The monoisotopic (exact) mass is 238 g/mol. The Kier molecular flexibility index (Phi) is 2.86. The molecule has 0 aromatic heterocycles. The fourth-order valence-electron chi connectivity index (χ4n) is 2.35. The number of para-hydroxylation sites is 1. The summed E-state index contributed by atoms with van der Waals surface area (Å²) >= 11 is 0. The lowest BCUT2D eigenvalue weighted by Gasteiger charge is -2.10. The van der Waals surface area contributed by atoms with Gasteiger partial charge in [-0.3, -0.25) is 0 Å². The molecule has 88 valence electrons. The van der Waals surface area contributed by atoms with Crippen molar-refractivity contribution in [3.05, 3.63) is 54.1 Å². The quantitative estimate of drug-likeness (QED) is 0.708. The normalized spacial score (nSPS) is 13.1. The Bertz CT molecular complexity index is 557. The van der Waals surface area contributed by atoms with E-state index < -0.39 is 7.12 Å². The third-order valence-electron chi connectivity index (χ3n) is 3.24. The maximum Gasteiger partial charge on any atom is 0.492 e. The van der Waals surface area contributed by atoms with Gasteiger partial charge in [-0.25, -0.2) is 0 Å². The first-order valence-electron chi connectivity index (χ1n) is 5.95. The van der Waals surface area contributed by atoms with Gasteiger partial charge in [0.25, 0.3) is 0 Å². The van der Waals surface area contributed by atoms with Gasteiger partial charge in [0, 0.05) is 5.46 Å². The number of hydrogen-bond acceptors (Lipinski definition) is 3. The van der Waals surface area contributed by atoms with Gasteiger partial charge in [-0.1, -0.05) is 48.5 Å². The second-order valence-corrected chi connectivity index (χ2v) is 4.43. The Labute approximate surface area is 106 Å². The molecule has 2 N–H and O–H groups in total. The second kappa shape index (κ2) is 4.52. The van der Waals surface area contributed by atoms with E-state index in [4.69, 9.17) is 4.65 Å². The van der Waals surface area contributed by atoms with Crippen molar-refractivity contribution >= 4 is 25.0 Å². The lowest BCUT2D eigenvalue weighted by atomic mass is 9.58. The van der Waals surface area contributed by atoms with Crippen LogP contribution in [0, 0.1) is 0 Å². The van der Waals surface area contributed by atoms with Gasteiger partial charge >= 0.3 is 14.0 Å². The number of rotatable bonds is 2. The van der Waals surface area contributed by atoms with Crippen LogP contribution in [0.15, 0.2) is 48.5 Å². The summed E-state index contributed by atoms with van der Waals surface area (Å²) in [4.78, 5) is 0. The van der Waals surface area contributed by atoms with Crippen LogP contribution >= 0.6 is 0 Å². The Morgan fingerprint density at radius 2 is 1.78 bits per heavy atom. The van der Waals surface area contributed by atoms with Crippen molar-refractivity contribution in [1.82, 2.24) is 0 Å². The molecule has 0 unspecified atom stereocenters. The van der Waals surface area contributed by atoms with E-state index in [0.29, 0.717) is 11.2 Å². The van der Waals surface area contributed by atoms with E-state index in [1.807, 2.05) is 42.5 Å². The molecule has 1 aliphatic rings. The summed E-state index contributed by atoms with van der Waals surface area (Å²) in [7, 11) is -1.49. The lowest BCUT2D eigenvalue weighted by molar-refractivity contribution is 0.424. The zero-order chi connectivity index (χ0) is 12.5. The molecule has 0 saturated heterocycles. The Morgan fingerprint density at radius 3 is 2.50 bits per heavy atom. The van der Waals surface area contributed by atoms with Crippen molar-refractivity contribution in [3.8, 4) is 5.75 Å². The summed E-state index contributed by atoms with van der Waals surface area (Å²) in [5, 5.41) is 18.6. The van der Waals surface area contributed by atoms with Gasteiger partial charge in [0.15, 0.2) is 0 Å². The van der Waals surface area contributed by atoms with Crippen molar-refractivity contribution in [3.63, 3.8) is 0 Å². The van der Waals surface area contributed by atoms with Crippen LogP contribution in [0.25, 0.3) is 0 Å². The van der Waals surface area contributed by atoms with E-state index in [-0.39, 0.29) is 6.92 Å². The van der Waals surface area contributed by atoms with Crippen LogP contribution < -0.4 is 15.6 Å². The molecule has 0 radical (unpaired) electrons. The molecule has 5 heteroatoms. The standard InChI is InChI=1S/C13H12B2O3/c16-15(17)12-8-4-5-10-9-14(18-13(10)12)11-6-2-1-3-7-11/h1-8,16-17H,9H2. The van der Waals surface area contributed by atoms with Crippen LogP contribution in [0.3, 0.4) is 0 Å². The average Bonchev–Trinajstić information content (AvgIpc) is 2.83. The van der Waals surface area contributed by atoms with Crippen LogP contribution in [0.2, 0.25) is 0 Å². The molecule has 0 atom stereocenters. The molecular formula is C13H12B2O3. The van der Waals surface area contributed by atoms with Crippen LogP contribution in [0.4, 0.5) is 0 Å². The highest BCUT2D eigenvalue weighted by Crippen LogP contribution is 2.25. The summed E-state index contributed by atoms with van der Waals surface area (Å²) < 4.78 is 5.87. The van der Waals surface area contributed by atoms with Crippen LogP contribution in [0.1, 0.15) is 5.56 Å². The number of fused-ring (bicyclic) bond motifs is 1. The number of hydrogen-bond donors (Lipinski definition) is 2. The van der Waals surface area contributed by atoms with Gasteiger partial charge in [-0.2, -0.15) is 0 Å². The summed E-state index contributed by atoms with van der Waals surface area (Å²) in [5.41, 5.74) is 2.56. The highest BCUT2D eigenvalue weighted by molar-refractivity contribution is 6.69. The number of benzene rings is 2. The third kappa shape index (κ3) is 1.92. The highest BCUT2D eigenvalue weighted by Gasteiger charge is 2.33. The molecule has 0 aliphatic carbocycles. The predicted molar refractivity (Wildman–Crippen MR) is 72.4 cm³/mol. The van der Waals surface area contributed by atoms with Crippen LogP contribution in [0.5, 0.6) is 5.75 Å². The fraction of sp³-hybridized carbons (Fsp3) is 0.0769. The van der Waals surface area contributed by atoms with Crippen LogP contribution in [-0.2, 0) is 6.32 Å². The molecule has 0 bridgehead atoms. The SMILES string of the molecule is OB(O)c1cccc2c1OB(c1ccccc1)C2. The molecule has 0 fully saturated rings. The van der Waals surface area contributed by atoms with Crippen molar-refractivity contribution < 1.29 is 14.7 Å². The van der Waals surface area contributed by atoms with Crippen molar-refractivity contribution in [2.75, 3.05) is 0 Å². The summed E-state index contributed by atoms with van der Waals surface area (Å²) in [6.07, 6.45) is 0.764. The van der Waals surface area contributed by atoms with Crippen molar-refractivity contribution in [1.29, 1.82) is 0 Å². The Balaban J connectivity index is 1.94. The van der Waals surface area contributed by atoms with Gasteiger partial charge in [-0.15, -0.1) is 0 Å². The molecule has 0 spiro atoms. The van der Waals surface area contributed by atoms with E-state index in [0.717, 1.165) is 17.3 Å². The first-order valence-corrected chi connectivity index (χ1v) is 5.95. The molecular weight excluding hydrogens is 226 g/mol. The topological polar surface area (TPSA) is 49.7 Å². The second-order valence-electron chi connectivity index (χ2n) is 4.43. The zero-order valence-corrected chi connectivity index (χ0v) is 9.78. The smallest absolute Gasteiger partial charge is 0.492 e. The average molecular weight is 238 g/mol. The summed E-state index contributed by atoms with van der Waals surface area (Å²) in [6.45, 7) is -0.0406. The molecule has 0 saturated carbocycles. The summed E-state index contributed by atoms with van der Waals surface area (Å²) in [5.74, 6) is 0.612. The van der Waals surface area contributed by atoms with E-state index in [9.17, 15) is 10.0 Å². The minimum Gasteiger partial charge on any atom is -0.555 e. The van der Waals surface area contributed by atoms with Crippen molar-refractivity contribution in [2.24, 2.45) is 0 Å². The highest BCUT2D eigenvalue weighted by atomic mass is 16.4. The molecule has 18 heavy (non-hydrogen) atoms. The molecule has 3 nitrogen and oxygen atoms in total. The molecule has 1 heterocycles. The zero-order valence-electron chi connectivity index (χ0n) is 9.78. The van der Waals surface area contributed by atoms with Gasteiger partial charge in [0.1, 0.15) is 5.75 Å². The Hall–Kier alpha value is -1.71. The molecule has 2 aromatic carbocycles. The first kappa shape index (κ1) is 11.4. The minimum atomic E-state index is -1.49. The minimum absolute atomic E-state index is 0.0406. The van der Waals surface area contributed by atoms with Gasteiger partial charge in [0.2, 0.25) is 0 Å². The predicted octanol–water partition coefficient (Wildman–Crippen LogP) is -0.261. The van der Waals surface area contributed by atoms with E-state index in [2.05, 4.69) is 0 Å². The maximum atomic E-state index is 9.32. The van der Waals surface area contributed by atoms with Gasteiger partial charge in [0.05, 0.1) is 0 Å². The molecule has 1 aliphatic heterocycles. The largest absolute Gasteiger partial charge is 0.555 e. The third-order valence-corrected chi connectivity index (χ3v) is 3.24. The lowest BCUT2D eigenvalue weighted by Crippen LogP contribution is -2.37. The fourth-order valence-corrected chi connectivity index (χ4v) is 2.35. The maximum absolute atomic E-state index is 9.32. The van der Waals surface area contributed by atoms with Gasteiger partial charge in [-0.05, 0) is 17.3 Å². The molecule has 2 aromatic rings. The van der Waals surface area contributed by atoms with E-state index in [1.165, 1.54) is 0 Å². The van der Waals surface area contributed by atoms with E-state index >= 15 is 0 Å². The van der Waals surface area contributed by atoms with E-state index in [1.54, 1.807) is 6.07 Å². The summed E-state index contributed by atoms with van der Waals surface area (Å²) in [6, 6.07) is 15.4. The molecule has 0 amide bonds. The van der Waals surface area contributed by atoms with Gasteiger partial charge < -0.3 is 14.7 Å². The molecule has 3 rings (SSSR count). The van der Waals surface area contributed by atoms with Crippen LogP contribution in [-0.4, -0.2) is 24.1 Å².